The van der Waals surface area contributed by atoms with Crippen molar-refractivity contribution in [1.29, 1.82) is 0 Å². The van der Waals surface area contributed by atoms with Crippen molar-refractivity contribution in [2.75, 3.05) is 32.8 Å². The summed E-state index contributed by atoms with van der Waals surface area (Å²) in [6.45, 7) is 6.98. The van der Waals surface area contributed by atoms with Gasteiger partial charge in [0, 0.05) is 31.2 Å². The van der Waals surface area contributed by atoms with E-state index in [2.05, 4.69) is 6.58 Å². The molecule has 0 aromatic heterocycles. The van der Waals surface area contributed by atoms with Crippen LogP contribution in [-0.2, 0) is 19.6 Å². The van der Waals surface area contributed by atoms with E-state index in [4.69, 9.17) is 16.3 Å². The van der Waals surface area contributed by atoms with Crippen molar-refractivity contribution in [3.05, 3.63) is 41.9 Å². The zero-order valence-corrected chi connectivity index (χ0v) is 15.8. The molecule has 0 radical (unpaired) electrons. The Hall–Kier alpha value is -1.41. The van der Waals surface area contributed by atoms with E-state index in [1.54, 1.807) is 30.0 Å². The summed E-state index contributed by atoms with van der Waals surface area (Å²) in [4.78, 5) is 14.2. The van der Waals surface area contributed by atoms with Gasteiger partial charge in [0.2, 0.25) is 10.0 Å². The number of sulfonamides is 1. The second kappa shape index (κ2) is 8.80. The molecule has 0 N–H and O–H groups in total. The lowest BCUT2D eigenvalue weighted by molar-refractivity contribution is -0.143. The molecular formula is C17H23ClN2O4S. The predicted octanol–water partition coefficient (Wildman–Crippen LogP) is 2.15. The molecule has 0 bridgehead atoms. The number of benzene rings is 1. The van der Waals surface area contributed by atoms with E-state index in [0.717, 1.165) is 0 Å². The van der Waals surface area contributed by atoms with Gasteiger partial charge < -0.3 is 9.64 Å². The van der Waals surface area contributed by atoms with Gasteiger partial charge >= 0.3 is 0 Å². The van der Waals surface area contributed by atoms with Crippen LogP contribution in [0.15, 0.2) is 41.8 Å². The highest BCUT2D eigenvalue weighted by molar-refractivity contribution is 7.89. The Balaban J connectivity index is 1.93. The van der Waals surface area contributed by atoms with E-state index in [1.807, 2.05) is 0 Å². The fraction of sp³-hybridized carbons (Fsp3) is 0.471. The SMILES string of the molecule is C=CCCOC(C)C(=O)N1CCN(S(=O)(=O)c2ccc(Cl)cc2)CC1. The first-order valence-corrected chi connectivity index (χ1v) is 9.95. The average Bonchev–Trinajstić information content (AvgIpc) is 2.61. The molecule has 6 nitrogen and oxygen atoms in total. The van der Waals surface area contributed by atoms with Gasteiger partial charge in [-0.25, -0.2) is 8.42 Å². The van der Waals surface area contributed by atoms with E-state index in [1.165, 1.54) is 16.4 Å². The van der Waals surface area contributed by atoms with Crippen LogP contribution in [0, 0.1) is 0 Å². The van der Waals surface area contributed by atoms with Crippen LogP contribution in [0.5, 0.6) is 0 Å². The van der Waals surface area contributed by atoms with E-state index in [0.29, 0.717) is 31.1 Å². The fourth-order valence-corrected chi connectivity index (χ4v) is 4.11. The zero-order valence-electron chi connectivity index (χ0n) is 14.2. The number of hydrogen-bond acceptors (Lipinski definition) is 4. The predicted molar refractivity (Wildman–Crippen MR) is 97.0 cm³/mol. The van der Waals surface area contributed by atoms with Crippen LogP contribution in [0.4, 0.5) is 0 Å². The van der Waals surface area contributed by atoms with Gasteiger partial charge in [-0.3, -0.25) is 4.79 Å². The van der Waals surface area contributed by atoms with Crippen LogP contribution in [0.25, 0.3) is 0 Å². The van der Waals surface area contributed by atoms with Crippen molar-refractivity contribution in [3.8, 4) is 0 Å². The van der Waals surface area contributed by atoms with Crippen molar-refractivity contribution in [2.45, 2.75) is 24.3 Å². The number of ether oxygens (including phenoxy) is 1. The van der Waals surface area contributed by atoms with E-state index >= 15 is 0 Å². The maximum absolute atomic E-state index is 12.6. The minimum atomic E-state index is -3.57. The van der Waals surface area contributed by atoms with Gasteiger partial charge in [-0.1, -0.05) is 17.7 Å². The summed E-state index contributed by atoms with van der Waals surface area (Å²) < 4.78 is 32.1. The first kappa shape index (κ1) is 19.9. The molecule has 1 fully saturated rings. The Kier molecular flexibility index (Phi) is 7.01. The topological polar surface area (TPSA) is 66.9 Å². The molecule has 1 aromatic carbocycles. The molecule has 2 rings (SSSR count). The molecule has 1 aliphatic heterocycles. The van der Waals surface area contributed by atoms with Gasteiger partial charge in [-0.15, -0.1) is 6.58 Å². The third kappa shape index (κ3) is 5.04. The molecule has 1 heterocycles. The summed E-state index contributed by atoms with van der Waals surface area (Å²) in [7, 11) is -3.57. The van der Waals surface area contributed by atoms with Gasteiger partial charge in [0.15, 0.2) is 0 Å². The number of carbonyl (C=O) groups is 1. The van der Waals surface area contributed by atoms with Gasteiger partial charge in [-0.05, 0) is 37.6 Å². The number of halogens is 1. The van der Waals surface area contributed by atoms with Crippen LogP contribution in [-0.4, -0.2) is 62.4 Å². The maximum atomic E-state index is 12.6. The normalized spacial score (nSPS) is 17.3. The van der Waals surface area contributed by atoms with Crippen LogP contribution >= 0.6 is 11.6 Å². The molecule has 8 heteroatoms. The highest BCUT2D eigenvalue weighted by Crippen LogP contribution is 2.20. The van der Waals surface area contributed by atoms with Crippen LogP contribution in [0.2, 0.25) is 5.02 Å². The minimum absolute atomic E-state index is 0.118. The summed E-state index contributed by atoms with van der Waals surface area (Å²) in [5.41, 5.74) is 0. The Morgan fingerprint density at radius 1 is 1.28 bits per heavy atom. The number of amides is 1. The number of rotatable bonds is 7. The number of piperazine rings is 1. The van der Waals surface area contributed by atoms with E-state index in [9.17, 15) is 13.2 Å². The van der Waals surface area contributed by atoms with Crippen molar-refractivity contribution in [1.82, 2.24) is 9.21 Å². The maximum Gasteiger partial charge on any atom is 0.251 e. The van der Waals surface area contributed by atoms with E-state index in [-0.39, 0.29) is 23.9 Å². The molecule has 1 aliphatic rings. The second-order valence-electron chi connectivity index (χ2n) is 5.77. The zero-order chi connectivity index (χ0) is 18.4. The van der Waals surface area contributed by atoms with Gasteiger partial charge in [0.25, 0.3) is 5.91 Å². The lowest BCUT2D eigenvalue weighted by Crippen LogP contribution is -2.52. The molecule has 25 heavy (non-hydrogen) atoms. The lowest BCUT2D eigenvalue weighted by Gasteiger charge is -2.35. The molecule has 0 saturated carbocycles. The van der Waals surface area contributed by atoms with Crippen molar-refractivity contribution in [3.63, 3.8) is 0 Å². The van der Waals surface area contributed by atoms with E-state index < -0.39 is 16.1 Å². The standard InChI is InChI=1S/C17H23ClN2O4S/c1-3-4-13-24-14(2)17(21)19-9-11-20(12-10-19)25(22,23)16-7-5-15(18)6-8-16/h3,5-8,14H,1,4,9-13H2,2H3. The molecule has 0 spiro atoms. The van der Waals surface area contributed by atoms with Crippen molar-refractivity contribution < 1.29 is 17.9 Å². The Morgan fingerprint density at radius 2 is 1.88 bits per heavy atom. The van der Waals surface area contributed by atoms with Gasteiger partial charge in [-0.2, -0.15) is 4.31 Å². The van der Waals surface area contributed by atoms with Gasteiger partial charge in [0.1, 0.15) is 6.10 Å². The summed E-state index contributed by atoms with van der Waals surface area (Å²) in [6, 6.07) is 6.09. The van der Waals surface area contributed by atoms with Crippen molar-refractivity contribution >= 4 is 27.5 Å². The first-order valence-electron chi connectivity index (χ1n) is 8.13. The quantitative estimate of drug-likeness (QED) is 0.532. The summed E-state index contributed by atoms with van der Waals surface area (Å²) in [6.07, 6.45) is 1.88. The lowest BCUT2D eigenvalue weighted by atomic mass is 10.3. The fourth-order valence-electron chi connectivity index (χ4n) is 2.56. The van der Waals surface area contributed by atoms with Crippen molar-refractivity contribution in [2.24, 2.45) is 0 Å². The third-order valence-corrected chi connectivity index (χ3v) is 6.20. The molecule has 0 aliphatic carbocycles. The smallest absolute Gasteiger partial charge is 0.251 e. The molecule has 1 atom stereocenters. The Morgan fingerprint density at radius 3 is 2.44 bits per heavy atom. The van der Waals surface area contributed by atoms with Crippen LogP contribution in [0.3, 0.4) is 0 Å². The monoisotopic (exact) mass is 386 g/mol. The summed E-state index contributed by atoms with van der Waals surface area (Å²) in [5.74, 6) is -0.118. The highest BCUT2D eigenvalue weighted by Gasteiger charge is 2.31. The summed E-state index contributed by atoms with van der Waals surface area (Å²) >= 11 is 5.81. The molecular weight excluding hydrogens is 364 g/mol. The third-order valence-electron chi connectivity index (χ3n) is 4.04. The minimum Gasteiger partial charge on any atom is -0.368 e. The number of nitrogens with zero attached hydrogens (tertiary/aromatic N) is 2. The molecule has 1 unspecified atom stereocenters. The Bertz CT molecular complexity index is 698. The largest absolute Gasteiger partial charge is 0.368 e. The van der Waals surface area contributed by atoms with Crippen LogP contribution in [0.1, 0.15) is 13.3 Å². The Labute approximate surface area is 154 Å². The van der Waals surface area contributed by atoms with Crippen LogP contribution < -0.4 is 0 Å². The second-order valence-corrected chi connectivity index (χ2v) is 8.15. The molecule has 138 valence electrons. The number of hydrogen-bond donors (Lipinski definition) is 0. The molecule has 1 amide bonds. The molecule has 1 aromatic rings. The summed E-state index contributed by atoms with van der Waals surface area (Å²) in [5, 5.41) is 0.486. The van der Waals surface area contributed by atoms with Gasteiger partial charge in [0.05, 0.1) is 11.5 Å². The number of carbonyl (C=O) groups excluding carboxylic acids is 1. The first-order chi connectivity index (χ1) is 11.9. The average molecular weight is 387 g/mol. The highest BCUT2D eigenvalue weighted by atomic mass is 35.5. The molecule has 1 saturated heterocycles.